The number of hydrazone groups is 1. The number of hydrogen-bond acceptors (Lipinski definition) is 5. The third-order valence-electron chi connectivity index (χ3n) is 4.70. The Morgan fingerprint density at radius 2 is 1.68 bits per heavy atom. The summed E-state index contributed by atoms with van der Waals surface area (Å²) < 4.78 is 26.1. The van der Waals surface area contributed by atoms with Crippen LogP contribution < -0.4 is 9.73 Å². The van der Waals surface area contributed by atoms with Gasteiger partial charge in [0.15, 0.2) is 0 Å². The first-order valence-electron chi connectivity index (χ1n) is 9.49. The molecule has 0 atom stereocenters. The number of nitrogens with one attached hydrogen (secondary N) is 1. The number of carbonyl (C=O) groups excluding carboxylic acids is 1. The highest BCUT2D eigenvalue weighted by molar-refractivity contribution is 7.92. The highest BCUT2D eigenvalue weighted by atomic mass is 32.2. The second-order valence-electron chi connectivity index (χ2n) is 7.00. The number of sulfonamides is 1. The Balaban J connectivity index is 1.74. The Morgan fingerprint density at radius 1 is 1.03 bits per heavy atom. The molecule has 7 nitrogen and oxygen atoms in total. The van der Waals surface area contributed by atoms with Gasteiger partial charge in [0.1, 0.15) is 5.75 Å². The monoisotopic (exact) mass is 437 g/mol. The quantitative estimate of drug-likeness (QED) is 0.437. The zero-order valence-electron chi connectivity index (χ0n) is 17.2. The van der Waals surface area contributed by atoms with Crippen molar-refractivity contribution in [1.29, 1.82) is 0 Å². The van der Waals surface area contributed by atoms with Crippen LogP contribution in [0.4, 0.5) is 5.69 Å². The summed E-state index contributed by atoms with van der Waals surface area (Å²) in [5.41, 5.74) is 5.53. The highest BCUT2D eigenvalue weighted by Crippen LogP contribution is 2.22. The van der Waals surface area contributed by atoms with E-state index in [2.05, 4.69) is 10.5 Å². The summed E-state index contributed by atoms with van der Waals surface area (Å²) in [7, 11) is -3.53. The van der Waals surface area contributed by atoms with Crippen molar-refractivity contribution in [3.05, 3.63) is 95.1 Å². The molecular formula is C23H23N3O4S. The van der Waals surface area contributed by atoms with Crippen molar-refractivity contribution in [1.82, 2.24) is 5.43 Å². The van der Waals surface area contributed by atoms with Crippen molar-refractivity contribution in [3.63, 3.8) is 0 Å². The zero-order valence-corrected chi connectivity index (χ0v) is 18.0. The standard InChI is InChI=1S/C23H23N3O4S/c1-17-7-3-4-9-20(17)16-26(31(2,29)30)21-13-11-18(12-14-21)23(28)25-24-15-19-8-5-6-10-22(19)27/h3-15,27H,16H2,1-2H3,(H,25,28)/b24-15+. The molecule has 0 radical (unpaired) electrons. The third kappa shape index (κ3) is 5.70. The van der Waals surface area contributed by atoms with Crippen LogP contribution in [0.2, 0.25) is 0 Å². The molecule has 0 bridgehead atoms. The first kappa shape index (κ1) is 22.0. The number of anilines is 1. The fourth-order valence-electron chi connectivity index (χ4n) is 2.94. The van der Waals surface area contributed by atoms with Gasteiger partial charge in [0.05, 0.1) is 24.7 Å². The summed E-state index contributed by atoms with van der Waals surface area (Å²) in [6.45, 7) is 2.13. The third-order valence-corrected chi connectivity index (χ3v) is 5.84. The van der Waals surface area contributed by atoms with Crippen LogP contribution in [0.15, 0.2) is 77.9 Å². The predicted molar refractivity (Wildman–Crippen MR) is 122 cm³/mol. The van der Waals surface area contributed by atoms with E-state index in [4.69, 9.17) is 0 Å². The van der Waals surface area contributed by atoms with Gasteiger partial charge in [-0.05, 0) is 54.4 Å². The molecule has 8 heteroatoms. The molecule has 3 aromatic carbocycles. The van der Waals surface area contributed by atoms with Crippen molar-refractivity contribution >= 4 is 27.8 Å². The van der Waals surface area contributed by atoms with Crippen LogP contribution in [0.5, 0.6) is 5.75 Å². The summed E-state index contributed by atoms with van der Waals surface area (Å²) in [4.78, 5) is 12.3. The number of amides is 1. The highest BCUT2D eigenvalue weighted by Gasteiger charge is 2.19. The number of carbonyl (C=O) groups is 1. The van der Waals surface area contributed by atoms with Gasteiger partial charge in [-0.2, -0.15) is 5.10 Å². The van der Waals surface area contributed by atoms with Gasteiger partial charge in [0.2, 0.25) is 10.0 Å². The number of phenolic OH excluding ortho intramolecular Hbond substituents is 1. The molecule has 0 unspecified atom stereocenters. The number of benzene rings is 3. The molecule has 0 heterocycles. The molecule has 31 heavy (non-hydrogen) atoms. The van der Waals surface area contributed by atoms with E-state index >= 15 is 0 Å². The van der Waals surface area contributed by atoms with E-state index in [9.17, 15) is 18.3 Å². The molecule has 0 aromatic heterocycles. The van der Waals surface area contributed by atoms with E-state index < -0.39 is 15.9 Å². The van der Waals surface area contributed by atoms with Crippen molar-refractivity contribution in [2.75, 3.05) is 10.6 Å². The fourth-order valence-corrected chi connectivity index (χ4v) is 3.82. The first-order chi connectivity index (χ1) is 14.8. The Bertz CT molecular complexity index is 1210. The van der Waals surface area contributed by atoms with E-state index in [1.165, 1.54) is 28.7 Å². The SMILES string of the molecule is Cc1ccccc1CN(c1ccc(C(=O)N/N=C/c2ccccc2O)cc1)S(C)(=O)=O. The Labute approximate surface area is 181 Å². The van der Waals surface area contributed by atoms with E-state index in [0.717, 1.165) is 17.4 Å². The van der Waals surface area contributed by atoms with Crippen LogP contribution in [0.25, 0.3) is 0 Å². The maximum atomic E-state index is 12.4. The minimum Gasteiger partial charge on any atom is -0.507 e. The van der Waals surface area contributed by atoms with E-state index in [-0.39, 0.29) is 12.3 Å². The van der Waals surface area contributed by atoms with Gasteiger partial charge in [0.25, 0.3) is 5.91 Å². The molecular weight excluding hydrogens is 414 g/mol. The summed E-state index contributed by atoms with van der Waals surface area (Å²) in [6.07, 6.45) is 2.49. The number of aromatic hydroxyl groups is 1. The number of nitrogens with zero attached hydrogens (tertiary/aromatic N) is 2. The molecule has 0 aliphatic carbocycles. The summed E-state index contributed by atoms with van der Waals surface area (Å²) in [5.74, 6) is -0.401. The molecule has 0 aliphatic rings. The van der Waals surface area contributed by atoms with Gasteiger partial charge in [-0.3, -0.25) is 9.10 Å². The summed E-state index contributed by atoms with van der Waals surface area (Å²) in [5, 5.41) is 13.6. The fraction of sp³-hybridized carbons (Fsp3) is 0.130. The maximum Gasteiger partial charge on any atom is 0.271 e. The predicted octanol–water partition coefficient (Wildman–Crippen LogP) is 3.43. The molecule has 0 fully saturated rings. The lowest BCUT2D eigenvalue weighted by atomic mass is 10.1. The van der Waals surface area contributed by atoms with Gasteiger partial charge >= 0.3 is 0 Å². The molecule has 1 amide bonds. The van der Waals surface area contributed by atoms with Crippen LogP contribution >= 0.6 is 0 Å². The van der Waals surface area contributed by atoms with E-state index in [1.807, 2.05) is 31.2 Å². The zero-order chi connectivity index (χ0) is 22.4. The number of hydrogen-bond donors (Lipinski definition) is 2. The van der Waals surface area contributed by atoms with Crippen molar-refractivity contribution < 1.29 is 18.3 Å². The minimum absolute atomic E-state index is 0.0550. The number of rotatable bonds is 7. The lowest BCUT2D eigenvalue weighted by Crippen LogP contribution is -2.29. The molecule has 3 rings (SSSR count). The van der Waals surface area contributed by atoms with Gasteiger partial charge < -0.3 is 5.11 Å². The second-order valence-corrected chi connectivity index (χ2v) is 8.91. The van der Waals surface area contributed by atoms with Gasteiger partial charge in [0, 0.05) is 11.1 Å². The van der Waals surface area contributed by atoms with Crippen molar-refractivity contribution in [2.45, 2.75) is 13.5 Å². The molecule has 0 saturated heterocycles. The number of aryl methyl sites for hydroxylation is 1. The Hall–Kier alpha value is -3.65. The molecule has 2 N–H and O–H groups in total. The van der Waals surface area contributed by atoms with Crippen LogP contribution in [-0.4, -0.2) is 31.9 Å². The molecule has 0 spiro atoms. The first-order valence-corrected chi connectivity index (χ1v) is 11.3. The average molecular weight is 438 g/mol. The molecule has 3 aromatic rings. The Kier molecular flexibility index (Phi) is 6.71. The van der Waals surface area contributed by atoms with Gasteiger partial charge in [-0.15, -0.1) is 0 Å². The van der Waals surface area contributed by atoms with Crippen LogP contribution in [-0.2, 0) is 16.6 Å². The van der Waals surface area contributed by atoms with Crippen LogP contribution in [0.3, 0.4) is 0 Å². The average Bonchev–Trinajstić information content (AvgIpc) is 2.74. The second kappa shape index (κ2) is 9.44. The molecule has 0 saturated carbocycles. The maximum absolute atomic E-state index is 12.4. The van der Waals surface area contributed by atoms with Gasteiger partial charge in [-0.1, -0.05) is 36.4 Å². The molecule has 160 valence electrons. The van der Waals surface area contributed by atoms with E-state index in [1.54, 1.807) is 30.3 Å². The van der Waals surface area contributed by atoms with Crippen molar-refractivity contribution in [3.8, 4) is 5.75 Å². The molecule has 0 aliphatic heterocycles. The Morgan fingerprint density at radius 3 is 2.32 bits per heavy atom. The van der Waals surface area contributed by atoms with E-state index in [0.29, 0.717) is 16.8 Å². The van der Waals surface area contributed by atoms with Crippen LogP contribution in [0.1, 0.15) is 27.0 Å². The normalized spacial score (nSPS) is 11.4. The number of para-hydroxylation sites is 1. The summed E-state index contributed by atoms with van der Waals surface area (Å²) >= 11 is 0. The lowest BCUT2D eigenvalue weighted by Gasteiger charge is -2.23. The largest absolute Gasteiger partial charge is 0.507 e. The number of phenols is 1. The smallest absolute Gasteiger partial charge is 0.271 e. The summed E-state index contributed by atoms with van der Waals surface area (Å²) in [6, 6.07) is 20.4. The topological polar surface area (TPSA) is 99.1 Å². The van der Waals surface area contributed by atoms with Gasteiger partial charge in [-0.25, -0.2) is 13.8 Å². The van der Waals surface area contributed by atoms with Crippen molar-refractivity contribution in [2.24, 2.45) is 5.10 Å². The van der Waals surface area contributed by atoms with Crippen LogP contribution in [0, 0.1) is 6.92 Å². The lowest BCUT2D eigenvalue weighted by molar-refractivity contribution is 0.0955. The minimum atomic E-state index is -3.53.